The zero-order valence-electron chi connectivity index (χ0n) is 14.4. The van der Waals surface area contributed by atoms with E-state index in [1.807, 2.05) is 6.07 Å². The first-order valence-corrected chi connectivity index (χ1v) is 8.88. The largest absolute Gasteiger partial charge is 0.480 e. The number of fused-ring (bicyclic) bond motifs is 1. The van der Waals surface area contributed by atoms with Gasteiger partial charge in [0, 0.05) is 11.6 Å². The van der Waals surface area contributed by atoms with E-state index in [4.69, 9.17) is 0 Å². The first kappa shape index (κ1) is 17.5. The van der Waals surface area contributed by atoms with Crippen LogP contribution >= 0.6 is 0 Å². The molecule has 134 valence electrons. The number of aliphatic carboxylic acids is 1. The molecule has 3 rings (SSSR count). The van der Waals surface area contributed by atoms with Gasteiger partial charge in [-0.25, -0.2) is 4.79 Å². The predicted octanol–water partition coefficient (Wildman–Crippen LogP) is 2.05. The number of nitrogens with one attached hydrogen (secondary N) is 1. The lowest BCUT2D eigenvalue weighted by atomic mass is 9.90. The monoisotopic (exact) mass is 344 g/mol. The van der Waals surface area contributed by atoms with Crippen molar-refractivity contribution in [2.45, 2.75) is 57.2 Å². The summed E-state index contributed by atoms with van der Waals surface area (Å²) in [5.41, 5.74) is 0.498. The molecule has 2 aliphatic rings. The number of carboxylic acids is 1. The van der Waals surface area contributed by atoms with Crippen molar-refractivity contribution >= 4 is 17.8 Å². The summed E-state index contributed by atoms with van der Waals surface area (Å²) in [5, 5.41) is 12.3. The Morgan fingerprint density at radius 1 is 1.12 bits per heavy atom. The van der Waals surface area contributed by atoms with Crippen LogP contribution in [0.2, 0.25) is 0 Å². The van der Waals surface area contributed by atoms with E-state index in [-0.39, 0.29) is 17.9 Å². The normalized spacial score (nSPS) is 29.5. The van der Waals surface area contributed by atoms with Crippen molar-refractivity contribution in [1.82, 2.24) is 10.2 Å². The molecule has 2 amide bonds. The molecule has 1 aromatic carbocycles. The van der Waals surface area contributed by atoms with Crippen LogP contribution in [0.15, 0.2) is 30.3 Å². The topological polar surface area (TPSA) is 86.7 Å². The molecule has 0 radical (unpaired) electrons. The molecular formula is C19H24N2O4. The Balaban J connectivity index is 1.81. The molecule has 25 heavy (non-hydrogen) atoms. The van der Waals surface area contributed by atoms with E-state index in [0.29, 0.717) is 30.7 Å². The van der Waals surface area contributed by atoms with Crippen molar-refractivity contribution in [3.05, 3.63) is 35.9 Å². The minimum Gasteiger partial charge on any atom is -0.480 e. The first-order valence-electron chi connectivity index (χ1n) is 8.88. The molecule has 6 nitrogen and oxygen atoms in total. The molecule has 0 aromatic heterocycles. The summed E-state index contributed by atoms with van der Waals surface area (Å²) < 4.78 is 0. The maximum Gasteiger partial charge on any atom is 0.326 e. The van der Waals surface area contributed by atoms with Gasteiger partial charge in [-0.3, -0.25) is 9.59 Å². The summed E-state index contributed by atoms with van der Waals surface area (Å²) in [6.07, 6.45) is 3.40. The van der Waals surface area contributed by atoms with Crippen LogP contribution in [0.5, 0.6) is 0 Å². The third kappa shape index (κ3) is 3.67. The van der Waals surface area contributed by atoms with Crippen molar-refractivity contribution < 1.29 is 19.5 Å². The Morgan fingerprint density at radius 3 is 2.52 bits per heavy atom. The van der Waals surface area contributed by atoms with Crippen molar-refractivity contribution in [2.75, 3.05) is 0 Å². The van der Waals surface area contributed by atoms with Crippen LogP contribution in [0.4, 0.5) is 0 Å². The lowest BCUT2D eigenvalue weighted by Gasteiger charge is -2.36. The Hall–Kier alpha value is -2.37. The third-order valence-electron chi connectivity index (χ3n) is 5.30. The van der Waals surface area contributed by atoms with E-state index in [2.05, 4.69) is 12.2 Å². The van der Waals surface area contributed by atoms with Crippen molar-refractivity contribution in [3.63, 3.8) is 0 Å². The second-order valence-corrected chi connectivity index (χ2v) is 7.14. The molecule has 0 saturated carbocycles. The van der Waals surface area contributed by atoms with E-state index >= 15 is 0 Å². The van der Waals surface area contributed by atoms with Gasteiger partial charge in [0.1, 0.15) is 12.1 Å². The molecular weight excluding hydrogens is 320 g/mol. The van der Waals surface area contributed by atoms with Gasteiger partial charge in [0.25, 0.3) is 5.91 Å². The SMILES string of the molecule is CC1CCC(NC(=O)c2ccccc2)C(=O)N2C(CCC2C(=O)O)C1. The van der Waals surface area contributed by atoms with Crippen LogP contribution < -0.4 is 5.32 Å². The minimum absolute atomic E-state index is 0.0416. The van der Waals surface area contributed by atoms with Crippen molar-refractivity contribution in [1.29, 1.82) is 0 Å². The maximum absolute atomic E-state index is 13.0. The summed E-state index contributed by atoms with van der Waals surface area (Å²) in [5.74, 6) is -1.12. The van der Waals surface area contributed by atoms with E-state index in [9.17, 15) is 19.5 Å². The molecule has 1 aromatic rings. The second kappa shape index (κ2) is 7.25. The number of nitrogens with zero attached hydrogens (tertiary/aromatic N) is 1. The summed E-state index contributed by atoms with van der Waals surface area (Å²) in [7, 11) is 0. The van der Waals surface area contributed by atoms with Gasteiger partial charge >= 0.3 is 5.97 Å². The number of amides is 2. The Morgan fingerprint density at radius 2 is 1.84 bits per heavy atom. The number of carbonyl (C=O) groups excluding carboxylic acids is 2. The predicted molar refractivity (Wildman–Crippen MR) is 92.0 cm³/mol. The number of carboxylic acid groups (broad SMARTS) is 1. The molecule has 2 N–H and O–H groups in total. The standard InChI is InChI=1S/C19H24N2O4/c1-12-7-9-15(20-17(22)13-5-3-2-4-6-13)18(23)21-14(11-12)8-10-16(21)19(24)25/h2-6,12,14-16H,7-11H2,1H3,(H,20,22)(H,24,25). The highest BCUT2D eigenvalue weighted by Crippen LogP contribution is 2.33. The molecule has 6 heteroatoms. The highest BCUT2D eigenvalue weighted by Gasteiger charge is 2.44. The molecule has 2 fully saturated rings. The fourth-order valence-electron chi connectivity index (χ4n) is 3.99. The Bertz CT molecular complexity index is 661. The second-order valence-electron chi connectivity index (χ2n) is 7.14. The highest BCUT2D eigenvalue weighted by atomic mass is 16.4. The molecule has 0 aliphatic carbocycles. The summed E-state index contributed by atoms with van der Waals surface area (Å²) in [6.45, 7) is 2.12. The number of carbonyl (C=O) groups is 3. The van der Waals surface area contributed by atoms with Crippen LogP contribution in [0.25, 0.3) is 0 Å². The number of benzene rings is 1. The number of rotatable bonds is 3. The van der Waals surface area contributed by atoms with Gasteiger partial charge in [-0.05, 0) is 50.2 Å². The number of hydrogen-bond donors (Lipinski definition) is 2. The van der Waals surface area contributed by atoms with Gasteiger partial charge < -0.3 is 15.3 Å². The molecule has 2 heterocycles. The van der Waals surface area contributed by atoms with Crippen LogP contribution in [0, 0.1) is 5.92 Å². The van der Waals surface area contributed by atoms with Crippen LogP contribution in [-0.4, -0.2) is 45.9 Å². The van der Waals surface area contributed by atoms with Crippen LogP contribution in [0.3, 0.4) is 0 Å². The minimum atomic E-state index is -0.961. The van der Waals surface area contributed by atoms with Gasteiger partial charge in [-0.1, -0.05) is 25.1 Å². The lowest BCUT2D eigenvalue weighted by Crippen LogP contribution is -2.55. The maximum atomic E-state index is 13.0. The Kier molecular flexibility index (Phi) is 5.06. The van der Waals surface area contributed by atoms with E-state index in [1.165, 1.54) is 4.90 Å². The molecule has 4 unspecified atom stereocenters. The van der Waals surface area contributed by atoms with Gasteiger partial charge in [0.2, 0.25) is 5.91 Å². The highest BCUT2D eigenvalue weighted by molar-refractivity contribution is 5.98. The van der Waals surface area contributed by atoms with Gasteiger partial charge in [-0.15, -0.1) is 0 Å². The summed E-state index contributed by atoms with van der Waals surface area (Å²) in [6, 6.07) is 7.28. The van der Waals surface area contributed by atoms with Crippen LogP contribution in [0.1, 0.15) is 49.4 Å². The van der Waals surface area contributed by atoms with E-state index < -0.39 is 18.1 Å². The molecule has 0 bridgehead atoms. The van der Waals surface area contributed by atoms with Crippen molar-refractivity contribution in [3.8, 4) is 0 Å². The smallest absolute Gasteiger partial charge is 0.326 e. The quantitative estimate of drug-likeness (QED) is 0.878. The van der Waals surface area contributed by atoms with Crippen molar-refractivity contribution in [2.24, 2.45) is 5.92 Å². The van der Waals surface area contributed by atoms with E-state index in [0.717, 1.165) is 12.8 Å². The number of hydrogen-bond acceptors (Lipinski definition) is 3. The fraction of sp³-hybridized carbons (Fsp3) is 0.526. The molecule has 0 spiro atoms. The molecule has 4 atom stereocenters. The van der Waals surface area contributed by atoms with Gasteiger partial charge in [-0.2, -0.15) is 0 Å². The molecule has 2 aliphatic heterocycles. The lowest BCUT2D eigenvalue weighted by molar-refractivity contribution is -0.151. The van der Waals surface area contributed by atoms with Gasteiger partial charge in [0.05, 0.1) is 0 Å². The first-order chi connectivity index (χ1) is 12.0. The third-order valence-corrected chi connectivity index (χ3v) is 5.30. The van der Waals surface area contributed by atoms with Crippen LogP contribution in [-0.2, 0) is 9.59 Å². The van der Waals surface area contributed by atoms with E-state index in [1.54, 1.807) is 24.3 Å². The zero-order chi connectivity index (χ0) is 18.0. The average Bonchev–Trinajstić information content (AvgIpc) is 3.01. The fourth-order valence-corrected chi connectivity index (χ4v) is 3.99. The van der Waals surface area contributed by atoms with Gasteiger partial charge in [0.15, 0.2) is 0 Å². The Labute approximate surface area is 147 Å². The zero-order valence-corrected chi connectivity index (χ0v) is 14.4. The summed E-state index contributed by atoms with van der Waals surface area (Å²) in [4.78, 5) is 38.5. The summed E-state index contributed by atoms with van der Waals surface area (Å²) >= 11 is 0. The molecule has 2 saturated heterocycles. The average molecular weight is 344 g/mol.